The Morgan fingerprint density at radius 3 is 2.46 bits per heavy atom. The van der Waals surface area contributed by atoms with Crippen LogP contribution in [0.1, 0.15) is 39.2 Å². The Labute approximate surface area is 167 Å². The number of H-pyrrole nitrogens is 1. The van der Waals surface area contributed by atoms with Crippen molar-refractivity contribution in [3.63, 3.8) is 0 Å². The highest BCUT2D eigenvalue weighted by Gasteiger charge is 2.15. The molecular formula is C21H33N5O2. The molecule has 0 aliphatic rings. The highest BCUT2D eigenvalue weighted by molar-refractivity contribution is 5.83. The van der Waals surface area contributed by atoms with Crippen LogP contribution in [0.2, 0.25) is 0 Å². The summed E-state index contributed by atoms with van der Waals surface area (Å²) in [7, 11) is 1.76. The molecule has 28 heavy (non-hydrogen) atoms. The second-order valence-electron chi connectivity index (χ2n) is 7.67. The van der Waals surface area contributed by atoms with Crippen molar-refractivity contribution in [2.75, 3.05) is 26.7 Å². The van der Waals surface area contributed by atoms with Crippen molar-refractivity contribution in [1.29, 1.82) is 0 Å². The number of guanidine groups is 1. The number of hydrogen-bond acceptors (Lipinski definition) is 3. The molecule has 0 saturated carbocycles. The van der Waals surface area contributed by atoms with Gasteiger partial charge in [0, 0.05) is 43.8 Å². The molecule has 1 aromatic carbocycles. The van der Waals surface area contributed by atoms with Gasteiger partial charge in [0.05, 0.1) is 0 Å². The summed E-state index contributed by atoms with van der Waals surface area (Å²) >= 11 is 0. The van der Waals surface area contributed by atoms with Crippen molar-refractivity contribution in [3.8, 4) is 0 Å². The minimum Gasteiger partial charge on any atom is -0.444 e. The van der Waals surface area contributed by atoms with E-state index in [1.165, 1.54) is 16.5 Å². The predicted molar refractivity (Wildman–Crippen MR) is 115 cm³/mol. The third-order valence-electron chi connectivity index (χ3n) is 4.13. The van der Waals surface area contributed by atoms with E-state index < -0.39 is 5.60 Å². The lowest BCUT2D eigenvalue weighted by Gasteiger charge is -2.19. The fourth-order valence-electron chi connectivity index (χ4n) is 2.84. The third-order valence-corrected chi connectivity index (χ3v) is 4.13. The van der Waals surface area contributed by atoms with Gasteiger partial charge in [-0.1, -0.05) is 18.2 Å². The lowest BCUT2D eigenvalue weighted by molar-refractivity contribution is 0.0527. The number of amides is 1. The average Bonchev–Trinajstić information content (AvgIpc) is 3.05. The number of carbonyl (C=O) groups excluding carboxylic acids is 1. The summed E-state index contributed by atoms with van der Waals surface area (Å²) in [5, 5.41) is 10.6. The standard InChI is InChI=1S/C21H33N5O2/c1-21(2,3)28-20(27)25-14-8-13-24-19(22-4)23-12-7-9-16-15-26-18-11-6-5-10-17(16)18/h5-6,10-11,15,26H,7-9,12-14H2,1-4H3,(H,25,27)(H2,22,23,24). The fraction of sp³-hybridized carbons (Fsp3) is 0.524. The number of aliphatic imine (C=N–C) groups is 1. The van der Waals surface area contributed by atoms with E-state index in [0.29, 0.717) is 6.54 Å². The number of aryl methyl sites for hydroxylation is 1. The molecule has 0 fully saturated rings. The first kappa shape index (κ1) is 21.6. The molecule has 1 aromatic heterocycles. The van der Waals surface area contributed by atoms with Crippen LogP contribution in [-0.2, 0) is 11.2 Å². The van der Waals surface area contributed by atoms with Crippen LogP contribution >= 0.6 is 0 Å². The number of benzene rings is 1. The molecule has 1 amide bonds. The summed E-state index contributed by atoms with van der Waals surface area (Å²) in [5.74, 6) is 0.774. The number of ether oxygens (including phenoxy) is 1. The zero-order chi connectivity index (χ0) is 20.4. The van der Waals surface area contributed by atoms with E-state index in [2.05, 4.69) is 50.3 Å². The summed E-state index contributed by atoms with van der Waals surface area (Å²) in [5.41, 5.74) is 2.05. The zero-order valence-corrected chi connectivity index (χ0v) is 17.4. The lowest BCUT2D eigenvalue weighted by atomic mass is 10.1. The number of nitrogens with one attached hydrogen (secondary N) is 4. The summed E-state index contributed by atoms with van der Waals surface area (Å²) in [6.45, 7) is 7.67. The number of hydrogen-bond donors (Lipinski definition) is 4. The Hall–Kier alpha value is -2.70. The third kappa shape index (κ3) is 7.50. The van der Waals surface area contributed by atoms with Crippen LogP contribution in [0.4, 0.5) is 4.79 Å². The van der Waals surface area contributed by atoms with E-state index in [9.17, 15) is 4.79 Å². The summed E-state index contributed by atoms with van der Waals surface area (Å²) in [4.78, 5) is 19.1. The molecule has 154 valence electrons. The average molecular weight is 388 g/mol. The quantitative estimate of drug-likeness (QED) is 0.318. The van der Waals surface area contributed by atoms with E-state index in [4.69, 9.17) is 4.74 Å². The molecule has 7 heteroatoms. The van der Waals surface area contributed by atoms with E-state index in [1.807, 2.05) is 26.8 Å². The molecule has 1 heterocycles. The van der Waals surface area contributed by atoms with Gasteiger partial charge in [0.15, 0.2) is 5.96 Å². The monoisotopic (exact) mass is 387 g/mol. The lowest BCUT2D eigenvalue weighted by Crippen LogP contribution is -2.39. The maximum absolute atomic E-state index is 11.6. The second kappa shape index (κ2) is 10.6. The van der Waals surface area contributed by atoms with E-state index in [1.54, 1.807) is 7.05 Å². The Kier molecular flexibility index (Phi) is 8.17. The van der Waals surface area contributed by atoms with Gasteiger partial charge in [0.2, 0.25) is 0 Å². The maximum Gasteiger partial charge on any atom is 0.407 e. The topological polar surface area (TPSA) is 90.5 Å². The number of carbonyl (C=O) groups is 1. The van der Waals surface area contributed by atoms with Crippen molar-refractivity contribution >= 4 is 23.0 Å². The van der Waals surface area contributed by atoms with Gasteiger partial charge in [-0.15, -0.1) is 0 Å². The number of para-hydroxylation sites is 1. The molecule has 0 saturated heterocycles. The molecule has 2 aromatic rings. The molecule has 2 rings (SSSR count). The molecule has 7 nitrogen and oxygen atoms in total. The first-order valence-electron chi connectivity index (χ1n) is 9.85. The molecule has 0 spiro atoms. The molecule has 0 unspecified atom stereocenters. The fourth-order valence-corrected chi connectivity index (χ4v) is 2.84. The van der Waals surface area contributed by atoms with Gasteiger partial charge < -0.3 is 25.7 Å². The maximum atomic E-state index is 11.6. The molecule has 0 radical (unpaired) electrons. The molecule has 0 aliphatic heterocycles. The Bertz CT molecular complexity index is 776. The van der Waals surface area contributed by atoms with Crippen LogP contribution in [0.15, 0.2) is 35.5 Å². The minimum absolute atomic E-state index is 0.382. The van der Waals surface area contributed by atoms with Crippen LogP contribution in [0.5, 0.6) is 0 Å². The SMILES string of the molecule is CN=C(NCCCNC(=O)OC(C)(C)C)NCCCc1c[nH]c2ccccc12. The van der Waals surface area contributed by atoms with Crippen LogP contribution in [0.3, 0.4) is 0 Å². The Morgan fingerprint density at radius 1 is 1.07 bits per heavy atom. The highest BCUT2D eigenvalue weighted by Crippen LogP contribution is 2.18. The smallest absolute Gasteiger partial charge is 0.407 e. The van der Waals surface area contributed by atoms with E-state index in [0.717, 1.165) is 38.3 Å². The van der Waals surface area contributed by atoms with Gasteiger partial charge in [-0.05, 0) is 51.7 Å². The van der Waals surface area contributed by atoms with Gasteiger partial charge in [0.1, 0.15) is 5.60 Å². The minimum atomic E-state index is -0.471. The van der Waals surface area contributed by atoms with Crippen molar-refractivity contribution in [1.82, 2.24) is 20.9 Å². The van der Waals surface area contributed by atoms with Gasteiger partial charge in [-0.3, -0.25) is 4.99 Å². The van der Waals surface area contributed by atoms with Gasteiger partial charge in [-0.25, -0.2) is 4.79 Å². The van der Waals surface area contributed by atoms with Gasteiger partial charge in [0.25, 0.3) is 0 Å². The van der Waals surface area contributed by atoms with Crippen molar-refractivity contribution < 1.29 is 9.53 Å². The number of nitrogens with zero attached hydrogens (tertiary/aromatic N) is 1. The molecule has 4 N–H and O–H groups in total. The van der Waals surface area contributed by atoms with Crippen molar-refractivity contribution in [2.45, 2.75) is 45.6 Å². The van der Waals surface area contributed by atoms with E-state index in [-0.39, 0.29) is 6.09 Å². The summed E-state index contributed by atoms with van der Waals surface area (Å²) < 4.78 is 5.20. The number of aromatic amines is 1. The van der Waals surface area contributed by atoms with Gasteiger partial charge >= 0.3 is 6.09 Å². The normalized spacial score (nSPS) is 12.1. The van der Waals surface area contributed by atoms with Crippen molar-refractivity contribution in [2.24, 2.45) is 4.99 Å². The molecule has 0 aliphatic carbocycles. The molecular weight excluding hydrogens is 354 g/mol. The number of alkyl carbamates (subject to hydrolysis) is 1. The van der Waals surface area contributed by atoms with Crippen LogP contribution in [0, 0.1) is 0 Å². The number of aromatic nitrogens is 1. The van der Waals surface area contributed by atoms with Crippen LogP contribution < -0.4 is 16.0 Å². The Balaban J connectivity index is 1.58. The first-order valence-corrected chi connectivity index (χ1v) is 9.85. The largest absolute Gasteiger partial charge is 0.444 e. The zero-order valence-electron chi connectivity index (χ0n) is 17.4. The van der Waals surface area contributed by atoms with E-state index >= 15 is 0 Å². The van der Waals surface area contributed by atoms with Crippen LogP contribution in [-0.4, -0.2) is 49.3 Å². The molecule has 0 atom stereocenters. The van der Waals surface area contributed by atoms with Crippen molar-refractivity contribution in [3.05, 3.63) is 36.0 Å². The number of fused-ring (bicyclic) bond motifs is 1. The number of rotatable bonds is 8. The van der Waals surface area contributed by atoms with Gasteiger partial charge in [-0.2, -0.15) is 0 Å². The highest BCUT2D eigenvalue weighted by atomic mass is 16.6. The van der Waals surface area contributed by atoms with Crippen LogP contribution in [0.25, 0.3) is 10.9 Å². The summed E-state index contributed by atoms with van der Waals surface area (Å²) in [6.07, 6.45) is 4.52. The predicted octanol–water partition coefficient (Wildman–Crippen LogP) is 3.18. The molecule has 0 bridgehead atoms. The second-order valence-corrected chi connectivity index (χ2v) is 7.67. The first-order chi connectivity index (χ1) is 13.4. The Morgan fingerprint density at radius 2 is 1.75 bits per heavy atom. The summed E-state index contributed by atoms with van der Waals surface area (Å²) in [6, 6.07) is 8.37.